The van der Waals surface area contributed by atoms with E-state index >= 15 is 0 Å². The minimum atomic E-state index is -0.111. The number of hydrogen-bond donors (Lipinski definition) is 0. The molecule has 0 amide bonds. The van der Waals surface area contributed by atoms with E-state index in [4.69, 9.17) is 0 Å². The quantitative estimate of drug-likeness (QED) is 0.244. The topological polar surface area (TPSA) is 55.8 Å². The highest BCUT2D eigenvalue weighted by Crippen LogP contribution is 2.48. The lowest BCUT2D eigenvalue weighted by atomic mass is 9.75. The van der Waals surface area contributed by atoms with E-state index in [1.807, 2.05) is 48.5 Å². The standard InChI is InChI=1S/C35H24N4/c1-35(2)30-7-3-4-9-33(30)39-32-19-18-27(20-29(32)28-6-5-8-31(35)34(28)39)38(25-14-10-23(21-36)11-15-25)26-16-12-24(22-37)13-17-26/h3-20H,1-2H3. The Balaban J connectivity index is 1.50. The average molecular weight is 501 g/mol. The van der Waals surface area contributed by atoms with Crippen molar-refractivity contribution in [2.24, 2.45) is 0 Å². The van der Waals surface area contributed by atoms with Crippen LogP contribution in [-0.4, -0.2) is 4.57 Å². The summed E-state index contributed by atoms with van der Waals surface area (Å²) in [6.45, 7) is 4.62. The molecule has 184 valence electrons. The Hall–Kier alpha value is -5.32. The predicted molar refractivity (Wildman–Crippen MR) is 157 cm³/mol. The van der Waals surface area contributed by atoms with Crippen LogP contribution in [0.2, 0.25) is 0 Å². The molecule has 0 unspecified atom stereocenters. The zero-order valence-corrected chi connectivity index (χ0v) is 21.7. The van der Waals surface area contributed by atoms with E-state index in [0.29, 0.717) is 11.1 Å². The molecule has 0 saturated heterocycles. The van der Waals surface area contributed by atoms with Crippen LogP contribution in [0.15, 0.2) is 109 Å². The lowest BCUT2D eigenvalue weighted by Gasteiger charge is -2.34. The number of hydrogen-bond acceptors (Lipinski definition) is 3. The fourth-order valence-corrected chi connectivity index (χ4v) is 6.11. The summed E-state index contributed by atoms with van der Waals surface area (Å²) >= 11 is 0. The van der Waals surface area contributed by atoms with E-state index < -0.39 is 0 Å². The molecule has 6 aromatic rings. The molecule has 4 nitrogen and oxygen atoms in total. The summed E-state index contributed by atoms with van der Waals surface area (Å²) in [6, 6.07) is 41.6. The molecule has 0 fully saturated rings. The largest absolute Gasteiger partial charge is 0.310 e. The van der Waals surface area contributed by atoms with Crippen molar-refractivity contribution in [2.75, 3.05) is 4.90 Å². The van der Waals surface area contributed by atoms with Crippen LogP contribution in [0.25, 0.3) is 27.5 Å². The number of para-hydroxylation sites is 2. The summed E-state index contributed by atoms with van der Waals surface area (Å²) in [5, 5.41) is 21.1. The molecule has 0 N–H and O–H groups in total. The summed E-state index contributed by atoms with van der Waals surface area (Å²) in [5.41, 5.74) is 10.3. The highest BCUT2D eigenvalue weighted by molar-refractivity contribution is 6.12. The van der Waals surface area contributed by atoms with Crippen molar-refractivity contribution in [3.05, 3.63) is 131 Å². The third-order valence-electron chi connectivity index (χ3n) is 8.03. The van der Waals surface area contributed by atoms with Crippen LogP contribution < -0.4 is 4.90 Å². The first-order valence-corrected chi connectivity index (χ1v) is 13.0. The van der Waals surface area contributed by atoms with Crippen LogP contribution >= 0.6 is 0 Å². The summed E-state index contributed by atoms with van der Waals surface area (Å²) in [6.07, 6.45) is 0. The Bertz CT molecular complexity index is 1940. The second-order valence-electron chi connectivity index (χ2n) is 10.5. The molecule has 1 aliphatic heterocycles. The lowest BCUT2D eigenvalue weighted by molar-refractivity contribution is 0.630. The van der Waals surface area contributed by atoms with Crippen LogP contribution in [0, 0.1) is 22.7 Å². The second-order valence-corrected chi connectivity index (χ2v) is 10.5. The number of fused-ring (bicyclic) bond motifs is 5. The molecule has 5 aromatic carbocycles. The third-order valence-corrected chi connectivity index (χ3v) is 8.03. The minimum absolute atomic E-state index is 0.111. The molecular weight excluding hydrogens is 476 g/mol. The molecule has 39 heavy (non-hydrogen) atoms. The van der Waals surface area contributed by atoms with Gasteiger partial charge in [0.05, 0.1) is 40.0 Å². The minimum Gasteiger partial charge on any atom is -0.310 e. The van der Waals surface area contributed by atoms with Crippen molar-refractivity contribution in [3.8, 4) is 17.8 Å². The van der Waals surface area contributed by atoms with Gasteiger partial charge in [0.1, 0.15) is 0 Å². The van der Waals surface area contributed by atoms with Gasteiger partial charge in [-0.2, -0.15) is 10.5 Å². The van der Waals surface area contributed by atoms with Crippen molar-refractivity contribution in [1.82, 2.24) is 4.57 Å². The van der Waals surface area contributed by atoms with E-state index in [1.165, 1.54) is 38.6 Å². The van der Waals surface area contributed by atoms with E-state index in [1.54, 1.807) is 0 Å². The summed E-state index contributed by atoms with van der Waals surface area (Å²) in [7, 11) is 0. The Kier molecular flexibility index (Phi) is 4.89. The van der Waals surface area contributed by atoms with Crippen LogP contribution in [0.4, 0.5) is 17.1 Å². The van der Waals surface area contributed by atoms with Gasteiger partial charge in [-0.05, 0) is 83.9 Å². The van der Waals surface area contributed by atoms with Gasteiger partial charge in [-0.3, -0.25) is 0 Å². The van der Waals surface area contributed by atoms with Crippen LogP contribution in [0.5, 0.6) is 0 Å². The van der Waals surface area contributed by atoms with Gasteiger partial charge in [-0.25, -0.2) is 0 Å². The van der Waals surface area contributed by atoms with E-state index in [0.717, 1.165) is 17.1 Å². The summed E-state index contributed by atoms with van der Waals surface area (Å²) < 4.78 is 2.41. The highest BCUT2D eigenvalue weighted by Gasteiger charge is 2.34. The van der Waals surface area contributed by atoms with Crippen LogP contribution in [-0.2, 0) is 5.41 Å². The predicted octanol–water partition coefficient (Wildman–Crippen LogP) is 8.64. The van der Waals surface area contributed by atoms with Gasteiger partial charge in [0.15, 0.2) is 0 Å². The molecule has 0 radical (unpaired) electrons. The molecule has 0 bridgehead atoms. The smallest absolute Gasteiger partial charge is 0.0991 e. The first-order valence-electron chi connectivity index (χ1n) is 13.0. The van der Waals surface area contributed by atoms with Gasteiger partial charge in [-0.15, -0.1) is 0 Å². The van der Waals surface area contributed by atoms with Gasteiger partial charge in [-0.1, -0.05) is 50.2 Å². The van der Waals surface area contributed by atoms with Crippen LogP contribution in [0.3, 0.4) is 0 Å². The number of nitrogens with zero attached hydrogens (tertiary/aromatic N) is 4. The summed E-state index contributed by atoms with van der Waals surface area (Å²) in [5.74, 6) is 0. The second kappa shape index (κ2) is 8.35. The van der Waals surface area contributed by atoms with E-state index in [2.05, 4.69) is 96.1 Å². The Labute approximate surface area is 227 Å². The maximum absolute atomic E-state index is 9.34. The van der Waals surface area contributed by atoms with Crippen molar-refractivity contribution in [2.45, 2.75) is 19.3 Å². The first-order chi connectivity index (χ1) is 19.0. The Morgan fingerprint density at radius 2 is 1.21 bits per heavy atom. The SMILES string of the molecule is CC1(C)c2ccccc2-n2c3ccc(N(c4ccc(C#N)cc4)c4ccc(C#N)cc4)cc3c3cccc1c32. The van der Waals surface area contributed by atoms with Crippen molar-refractivity contribution in [3.63, 3.8) is 0 Å². The van der Waals surface area contributed by atoms with Gasteiger partial charge in [0, 0.05) is 33.2 Å². The summed E-state index contributed by atoms with van der Waals surface area (Å²) in [4.78, 5) is 2.17. The number of anilines is 3. The number of aromatic nitrogens is 1. The van der Waals surface area contributed by atoms with Crippen molar-refractivity contribution in [1.29, 1.82) is 10.5 Å². The Morgan fingerprint density at radius 1 is 0.615 bits per heavy atom. The molecule has 7 rings (SSSR count). The third kappa shape index (κ3) is 3.29. The molecule has 0 saturated carbocycles. The number of nitriles is 2. The number of benzene rings is 5. The van der Waals surface area contributed by atoms with E-state index in [9.17, 15) is 10.5 Å². The Morgan fingerprint density at radius 3 is 1.85 bits per heavy atom. The number of rotatable bonds is 3. The van der Waals surface area contributed by atoms with Gasteiger partial charge in [0.2, 0.25) is 0 Å². The van der Waals surface area contributed by atoms with Gasteiger partial charge < -0.3 is 9.47 Å². The molecule has 2 heterocycles. The molecule has 0 aliphatic carbocycles. The molecular formula is C35H24N4. The fourth-order valence-electron chi connectivity index (χ4n) is 6.11. The molecule has 0 spiro atoms. The average Bonchev–Trinajstić information content (AvgIpc) is 3.31. The normalized spacial score (nSPS) is 13.0. The monoisotopic (exact) mass is 500 g/mol. The fraction of sp³-hybridized carbons (Fsp3) is 0.0857. The molecule has 0 atom stereocenters. The van der Waals surface area contributed by atoms with Gasteiger partial charge in [0.25, 0.3) is 0 Å². The zero-order chi connectivity index (χ0) is 26.7. The van der Waals surface area contributed by atoms with Gasteiger partial charge >= 0.3 is 0 Å². The van der Waals surface area contributed by atoms with Crippen molar-refractivity contribution >= 4 is 38.9 Å². The maximum Gasteiger partial charge on any atom is 0.0991 e. The lowest BCUT2D eigenvalue weighted by Crippen LogP contribution is -2.26. The van der Waals surface area contributed by atoms with Crippen molar-refractivity contribution < 1.29 is 0 Å². The zero-order valence-electron chi connectivity index (χ0n) is 21.7. The maximum atomic E-state index is 9.34. The molecule has 1 aromatic heterocycles. The first kappa shape index (κ1) is 22.8. The molecule has 4 heteroatoms. The van der Waals surface area contributed by atoms with E-state index in [-0.39, 0.29) is 5.41 Å². The highest BCUT2D eigenvalue weighted by atomic mass is 15.1. The van der Waals surface area contributed by atoms with Crippen LogP contribution in [0.1, 0.15) is 36.1 Å². The molecule has 1 aliphatic rings.